The minimum atomic E-state index is 0. The van der Waals surface area contributed by atoms with Gasteiger partial charge >= 0.3 is 0 Å². The third kappa shape index (κ3) is 5.06. The Bertz CT molecular complexity index is 219. The maximum absolute atomic E-state index is 12.2. The Kier molecular flexibility index (Phi) is 9.10. The summed E-state index contributed by atoms with van der Waals surface area (Å²) in [6.45, 7) is 8.23. The first-order chi connectivity index (χ1) is 7.72. The smallest absolute Gasteiger partial charge is 0.240 e. The maximum Gasteiger partial charge on any atom is 0.240 e. The lowest BCUT2D eigenvalue weighted by atomic mass is 10.0. The number of carbonyl (C=O) groups is 1. The van der Waals surface area contributed by atoms with Crippen molar-refractivity contribution < 1.29 is 4.79 Å². The molecule has 0 aromatic carbocycles. The van der Waals surface area contributed by atoms with Gasteiger partial charge in [-0.1, -0.05) is 26.7 Å². The van der Waals surface area contributed by atoms with E-state index < -0.39 is 0 Å². The number of likely N-dealkylation sites (N-methyl/N-ethyl adjacent to an activating group) is 1. The third-order valence-electron chi connectivity index (χ3n) is 3.34. The molecule has 0 aromatic rings. The molecule has 1 N–H and O–H groups in total. The molecule has 0 saturated carbocycles. The lowest BCUT2D eigenvalue weighted by molar-refractivity contribution is -0.133. The van der Waals surface area contributed by atoms with Crippen LogP contribution >= 0.6 is 24.2 Å². The zero-order valence-corrected chi connectivity index (χ0v) is 12.7. The first-order valence-corrected chi connectivity index (χ1v) is 7.48. The van der Waals surface area contributed by atoms with Crippen LogP contribution in [0.1, 0.15) is 33.6 Å². The summed E-state index contributed by atoms with van der Waals surface area (Å²) in [5.74, 6) is 2.79. The van der Waals surface area contributed by atoms with E-state index in [2.05, 4.69) is 26.1 Å². The van der Waals surface area contributed by atoms with Crippen LogP contribution in [0.3, 0.4) is 0 Å². The van der Waals surface area contributed by atoms with Gasteiger partial charge in [-0.25, -0.2) is 0 Å². The van der Waals surface area contributed by atoms with Crippen LogP contribution in [0, 0.1) is 5.92 Å². The Balaban J connectivity index is 0.00000256. The molecule has 1 aliphatic rings. The Morgan fingerprint density at radius 2 is 2.06 bits per heavy atom. The predicted molar refractivity (Wildman–Crippen MR) is 77.8 cm³/mol. The van der Waals surface area contributed by atoms with Gasteiger partial charge in [0.25, 0.3) is 0 Å². The van der Waals surface area contributed by atoms with Gasteiger partial charge in [0.05, 0.1) is 6.04 Å². The minimum Gasteiger partial charge on any atom is -0.341 e. The first-order valence-electron chi connectivity index (χ1n) is 6.32. The molecule has 1 unspecified atom stereocenters. The van der Waals surface area contributed by atoms with Crippen LogP contribution < -0.4 is 5.32 Å². The summed E-state index contributed by atoms with van der Waals surface area (Å²) < 4.78 is 0. The van der Waals surface area contributed by atoms with Gasteiger partial charge < -0.3 is 4.90 Å². The highest BCUT2D eigenvalue weighted by atomic mass is 35.5. The van der Waals surface area contributed by atoms with Gasteiger partial charge in [-0.15, -0.1) is 24.2 Å². The average Bonchev–Trinajstić information content (AvgIpc) is 2.83. The number of carbonyl (C=O) groups excluding carboxylic acids is 1. The van der Waals surface area contributed by atoms with Crippen molar-refractivity contribution in [3.05, 3.63) is 0 Å². The Labute approximate surface area is 115 Å². The summed E-state index contributed by atoms with van der Waals surface area (Å²) in [4.78, 5) is 14.2. The SMILES string of the molecule is CCC(CC)CN(CC)C(=O)C1CSCN1.Cl. The van der Waals surface area contributed by atoms with Crippen molar-refractivity contribution in [1.82, 2.24) is 10.2 Å². The molecule has 5 heteroatoms. The number of amides is 1. The number of nitrogens with zero attached hydrogens (tertiary/aromatic N) is 1. The molecule has 1 saturated heterocycles. The van der Waals surface area contributed by atoms with Crippen LogP contribution in [0.25, 0.3) is 0 Å². The number of hydrogen-bond donors (Lipinski definition) is 1. The second-order valence-electron chi connectivity index (χ2n) is 4.33. The largest absolute Gasteiger partial charge is 0.341 e. The van der Waals surface area contributed by atoms with Crippen LogP contribution in [0.5, 0.6) is 0 Å². The highest BCUT2D eigenvalue weighted by Crippen LogP contribution is 2.15. The second-order valence-corrected chi connectivity index (χ2v) is 5.36. The van der Waals surface area contributed by atoms with Gasteiger partial charge in [0.1, 0.15) is 0 Å². The van der Waals surface area contributed by atoms with Crippen molar-refractivity contribution in [3.63, 3.8) is 0 Å². The van der Waals surface area contributed by atoms with Gasteiger partial charge in [-0.05, 0) is 12.8 Å². The summed E-state index contributed by atoms with van der Waals surface area (Å²) in [5, 5.41) is 3.25. The lowest BCUT2D eigenvalue weighted by Gasteiger charge is -2.27. The molecule has 1 fully saturated rings. The summed E-state index contributed by atoms with van der Waals surface area (Å²) in [7, 11) is 0. The Hall–Kier alpha value is 0.0700. The van der Waals surface area contributed by atoms with Crippen molar-refractivity contribution in [2.75, 3.05) is 24.7 Å². The van der Waals surface area contributed by atoms with E-state index in [0.717, 1.165) is 37.6 Å². The maximum atomic E-state index is 12.2. The number of rotatable bonds is 6. The fourth-order valence-electron chi connectivity index (χ4n) is 2.01. The third-order valence-corrected chi connectivity index (χ3v) is 4.28. The molecule has 0 aliphatic carbocycles. The van der Waals surface area contributed by atoms with E-state index >= 15 is 0 Å². The quantitative estimate of drug-likeness (QED) is 0.811. The minimum absolute atomic E-state index is 0. The fourth-order valence-corrected chi connectivity index (χ4v) is 2.94. The van der Waals surface area contributed by atoms with Crippen molar-refractivity contribution in [3.8, 4) is 0 Å². The number of halogens is 1. The lowest BCUT2D eigenvalue weighted by Crippen LogP contribution is -2.46. The summed E-state index contributed by atoms with van der Waals surface area (Å²) in [5.41, 5.74) is 0. The number of thioether (sulfide) groups is 1. The van der Waals surface area contributed by atoms with Gasteiger partial charge in [0, 0.05) is 24.7 Å². The monoisotopic (exact) mass is 280 g/mol. The molecular formula is C12H25ClN2OS. The number of nitrogens with one attached hydrogen (secondary N) is 1. The highest BCUT2D eigenvalue weighted by molar-refractivity contribution is 7.99. The molecule has 0 aromatic heterocycles. The molecule has 1 aliphatic heterocycles. The second kappa shape index (κ2) is 9.06. The molecule has 0 bridgehead atoms. The van der Waals surface area contributed by atoms with Crippen molar-refractivity contribution in [2.45, 2.75) is 39.7 Å². The molecule has 0 radical (unpaired) electrons. The number of hydrogen-bond acceptors (Lipinski definition) is 3. The van der Waals surface area contributed by atoms with E-state index in [1.54, 1.807) is 0 Å². The molecule has 1 rings (SSSR count). The van der Waals surface area contributed by atoms with Crippen molar-refractivity contribution in [1.29, 1.82) is 0 Å². The average molecular weight is 281 g/mol. The molecule has 1 heterocycles. The zero-order valence-electron chi connectivity index (χ0n) is 11.1. The fraction of sp³-hybridized carbons (Fsp3) is 0.917. The summed E-state index contributed by atoms with van der Waals surface area (Å²) >= 11 is 1.81. The van der Waals surface area contributed by atoms with E-state index in [1.165, 1.54) is 0 Å². The van der Waals surface area contributed by atoms with Gasteiger partial charge in [-0.2, -0.15) is 0 Å². The predicted octanol–water partition coefficient (Wildman–Crippen LogP) is 2.36. The molecular weight excluding hydrogens is 256 g/mol. The topological polar surface area (TPSA) is 32.3 Å². The van der Waals surface area contributed by atoms with Crippen LogP contribution in [0.2, 0.25) is 0 Å². The molecule has 0 spiro atoms. The zero-order chi connectivity index (χ0) is 12.0. The normalized spacial score (nSPS) is 19.2. The van der Waals surface area contributed by atoms with E-state index in [1.807, 2.05) is 16.7 Å². The van der Waals surface area contributed by atoms with E-state index in [4.69, 9.17) is 0 Å². The summed E-state index contributed by atoms with van der Waals surface area (Å²) in [6.07, 6.45) is 2.32. The molecule has 102 valence electrons. The molecule has 1 amide bonds. The summed E-state index contributed by atoms with van der Waals surface area (Å²) in [6, 6.07) is 0.0549. The van der Waals surface area contributed by atoms with Crippen LogP contribution in [0.4, 0.5) is 0 Å². The Morgan fingerprint density at radius 3 is 2.47 bits per heavy atom. The molecule has 1 atom stereocenters. The Morgan fingerprint density at radius 1 is 1.41 bits per heavy atom. The van der Waals surface area contributed by atoms with Crippen LogP contribution in [-0.4, -0.2) is 41.6 Å². The highest BCUT2D eigenvalue weighted by Gasteiger charge is 2.27. The van der Waals surface area contributed by atoms with E-state index in [-0.39, 0.29) is 18.4 Å². The first kappa shape index (κ1) is 17.1. The molecule has 17 heavy (non-hydrogen) atoms. The van der Waals surface area contributed by atoms with Crippen molar-refractivity contribution in [2.24, 2.45) is 5.92 Å². The molecule has 3 nitrogen and oxygen atoms in total. The van der Waals surface area contributed by atoms with Gasteiger partial charge in [-0.3, -0.25) is 10.1 Å². The van der Waals surface area contributed by atoms with Crippen molar-refractivity contribution >= 4 is 30.1 Å². The van der Waals surface area contributed by atoms with E-state index in [9.17, 15) is 4.79 Å². The van der Waals surface area contributed by atoms with Gasteiger partial charge in [0.2, 0.25) is 5.91 Å². The van der Waals surface area contributed by atoms with Crippen LogP contribution in [0.15, 0.2) is 0 Å². The standard InChI is InChI=1S/C12H24N2OS.ClH/c1-4-10(5-2)7-14(6-3)12(15)11-8-16-9-13-11;/h10-11,13H,4-9H2,1-3H3;1H. The van der Waals surface area contributed by atoms with Crippen LogP contribution in [-0.2, 0) is 4.79 Å². The van der Waals surface area contributed by atoms with E-state index in [0.29, 0.717) is 11.8 Å². The van der Waals surface area contributed by atoms with Gasteiger partial charge in [0.15, 0.2) is 0 Å².